The van der Waals surface area contributed by atoms with E-state index in [0.29, 0.717) is 12.4 Å². The number of hydrogen-bond donors (Lipinski definition) is 1. The molecule has 0 atom stereocenters. The Morgan fingerprint density at radius 2 is 1.63 bits per heavy atom. The molecule has 0 bridgehead atoms. The Balaban J connectivity index is 1.39. The molecule has 0 saturated carbocycles. The molecule has 3 aromatic heterocycles. The van der Waals surface area contributed by atoms with E-state index in [2.05, 4.69) is 124 Å². The summed E-state index contributed by atoms with van der Waals surface area (Å²) < 4.78 is 4.31. The third kappa shape index (κ3) is 5.74. The van der Waals surface area contributed by atoms with E-state index in [1.807, 2.05) is 0 Å². The number of nitrogens with zero attached hydrogens (tertiary/aromatic N) is 7. The number of hydrogen-bond acceptors (Lipinski definition) is 5. The molecule has 8 nitrogen and oxygen atoms in total. The van der Waals surface area contributed by atoms with Gasteiger partial charge in [0.05, 0.1) is 12.2 Å². The van der Waals surface area contributed by atoms with Crippen molar-refractivity contribution in [2.45, 2.75) is 71.8 Å². The molecular weight excluding hydrogens is 472 g/mol. The van der Waals surface area contributed by atoms with Gasteiger partial charge in [-0.2, -0.15) is 10.3 Å². The van der Waals surface area contributed by atoms with Crippen LogP contribution >= 0.6 is 0 Å². The van der Waals surface area contributed by atoms with Crippen LogP contribution in [0.1, 0.15) is 69.0 Å². The SMILES string of the molecule is CCCCc1nc(CCc2ccccc2)nn1Cc1ccc(-n2c(-c3nn[nH]n3)ccc2C(C)(C)C)cc1. The average molecular weight is 509 g/mol. The van der Waals surface area contributed by atoms with Gasteiger partial charge in [0.15, 0.2) is 5.82 Å². The second-order valence-corrected chi connectivity index (χ2v) is 10.8. The summed E-state index contributed by atoms with van der Waals surface area (Å²) in [6, 6.07) is 23.4. The number of H-pyrrole nitrogens is 1. The van der Waals surface area contributed by atoms with Crippen LogP contribution in [-0.2, 0) is 31.2 Å². The summed E-state index contributed by atoms with van der Waals surface area (Å²) >= 11 is 0. The molecule has 0 radical (unpaired) electrons. The van der Waals surface area contributed by atoms with Gasteiger partial charge >= 0.3 is 0 Å². The first kappa shape index (κ1) is 25.6. The van der Waals surface area contributed by atoms with Gasteiger partial charge in [-0.3, -0.25) is 0 Å². The molecule has 0 spiro atoms. The molecule has 5 rings (SSSR count). The van der Waals surface area contributed by atoms with Crippen LogP contribution in [0.5, 0.6) is 0 Å². The Morgan fingerprint density at radius 3 is 2.32 bits per heavy atom. The smallest absolute Gasteiger partial charge is 0.221 e. The Bertz CT molecular complexity index is 1440. The summed E-state index contributed by atoms with van der Waals surface area (Å²) in [5.41, 5.74) is 5.62. The topological polar surface area (TPSA) is 90.1 Å². The number of aryl methyl sites for hydroxylation is 3. The van der Waals surface area contributed by atoms with E-state index in [-0.39, 0.29) is 5.41 Å². The fourth-order valence-electron chi connectivity index (χ4n) is 4.75. The van der Waals surface area contributed by atoms with Crippen molar-refractivity contribution in [3.05, 3.63) is 95.2 Å². The maximum absolute atomic E-state index is 4.92. The van der Waals surface area contributed by atoms with E-state index in [1.54, 1.807) is 0 Å². The Labute approximate surface area is 224 Å². The first-order valence-electron chi connectivity index (χ1n) is 13.4. The molecule has 38 heavy (non-hydrogen) atoms. The number of unbranched alkanes of at least 4 members (excludes halogenated alkanes) is 1. The molecule has 0 amide bonds. The van der Waals surface area contributed by atoms with Crippen molar-refractivity contribution in [1.82, 2.24) is 40.0 Å². The summed E-state index contributed by atoms with van der Waals surface area (Å²) in [5, 5.41) is 19.7. The minimum absolute atomic E-state index is 0.0499. The van der Waals surface area contributed by atoms with Gasteiger partial charge in [-0.05, 0) is 53.4 Å². The molecule has 0 saturated heterocycles. The van der Waals surface area contributed by atoms with Crippen LogP contribution in [0.25, 0.3) is 17.2 Å². The Morgan fingerprint density at radius 1 is 0.842 bits per heavy atom. The summed E-state index contributed by atoms with van der Waals surface area (Å²) in [7, 11) is 0. The van der Waals surface area contributed by atoms with Gasteiger partial charge in [0.25, 0.3) is 0 Å². The molecule has 0 aliphatic heterocycles. The predicted octanol–water partition coefficient (Wildman–Crippen LogP) is 5.72. The molecule has 8 heteroatoms. The maximum Gasteiger partial charge on any atom is 0.221 e. The number of nitrogens with one attached hydrogen (secondary N) is 1. The van der Waals surface area contributed by atoms with Crippen LogP contribution in [0, 0.1) is 0 Å². The first-order chi connectivity index (χ1) is 18.4. The van der Waals surface area contributed by atoms with Crippen LogP contribution in [0.3, 0.4) is 0 Å². The second kappa shape index (κ2) is 11.1. The molecular formula is C30H36N8. The van der Waals surface area contributed by atoms with Gasteiger partial charge in [-0.15, -0.1) is 10.2 Å². The van der Waals surface area contributed by atoms with Gasteiger partial charge < -0.3 is 4.57 Å². The van der Waals surface area contributed by atoms with Gasteiger partial charge in [-0.25, -0.2) is 9.67 Å². The van der Waals surface area contributed by atoms with Crippen LogP contribution in [0.4, 0.5) is 0 Å². The van der Waals surface area contributed by atoms with E-state index in [4.69, 9.17) is 10.1 Å². The largest absolute Gasteiger partial charge is 0.310 e. The summed E-state index contributed by atoms with van der Waals surface area (Å²) in [6.45, 7) is 9.56. The highest BCUT2D eigenvalue weighted by Crippen LogP contribution is 2.31. The lowest BCUT2D eigenvalue weighted by Gasteiger charge is -2.23. The molecule has 0 fully saturated rings. The first-order valence-corrected chi connectivity index (χ1v) is 13.4. The van der Waals surface area contributed by atoms with Gasteiger partial charge in [0.2, 0.25) is 5.82 Å². The highest BCUT2D eigenvalue weighted by Gasteiger charge is 2.23. The van der Waals surface area contributed by atoms with E-state index in [9.17, 15) is 0 Å². The number of tetrazole rings is 1. The second-order valence-electron chi connectivity index (χ2n) is 10.8. The quantitative estimate of drug-likeness (QED) is 0.260. The van der Waals surface area contributed by atoms with Crippen LogP contribution in [0.2, 0.25) is 0 Å². The number of rotatable bonds is 10. The normalized spacial score (nSPS) is 11.8. The lowest BCUT2D eigenvalue weighted by molar-refractivity contribution is 0.557. The van der Waals surface area contributed by atoms with Crippen molar-refractivity contribution in [3.8, 4) is 17.2 Å². The zero-order valence-corrected chi connectivity index (χ0v) is 22.7. The Hall–Kier alpha value is -4.07. The zero-order chi connectivity index (χ0) is 26.5. The van der Waals surface area contributed by atoms with Crippen molar-refractivity contribution < 1.29 is 0 Å². The summed E-state index contributed by atoms with van der Waals surface area (Å²) in [5.74, 6) is 2.57. The minimum atomic E-state index is -0.0499. The number of benzene rings is 2. The lowest BCUT2D eigenvalue weighted by Crippen LogP contribution is -2.17. The highest BCUT2D eigenvalue weighted by atomic mass is 15.5. The summed E-state index contributed by atoms with van der Waals surface area (Å²) in [6.07, 6.45) is 4.98. The molecule has 0 unspecified atom stereocenters. The van der Waals surface area contributed by atoms with Crippen molar-refractivity contribution in [3.63, 3.8) is 0 Å². The standard InChI is InChI=1S/C30H36N8/c1-5-6-12-28-31-27(20-15-22-10-8-7-9-11-22)34-37(28)21-23-13-16-24(17-14-23)38-25(29-32-35-36-33-29)18-19-26(38)30(2,3)4/h7-11,13-14,16-19H,5-6,12,15,20-21H2,1-4H3,(H,32,33,35,36). The lowest BCUT2D eigenvalue weighted by atomic mass is 9.92. The van der Waals surface area contributed by atoms with Crippen molar-refractivity contribution in [1.29, 1.82) is 0 Å². The number of aromatic nitrogens is 8. The van der Waals surface area contributed by atoms with E-state index in [0.717, 1.165) is 55.1 Å². The molecule has 0 aliphatic rings. The fraction of sp³-hybridized carbons (Fsp3) is 0.367. The molecule has 0 aliphatic carbocycles. The average Bonchev–Trinajstić information content (AvgIpc) is 3.67. The van der Waals surface area contributed by atoms with Crippen LogP contribution < -0.4 is 0 Å². The van der Waals surface area contributed by atoms with E-state index < -0.39 is 0 Å². The van der Waals surface area contributed by atoms with Gasteiger partial charge in [0, 0.05) is 29.6 Å². The molecule has 5 aromatic rings. The predicted molar refractivity (Wildman–Crippen MR) is 149 cm³/mol. The fourth-order valence-corrected chi connectivity index (χ4v) is 4.75. The minimum Gasteiger partial charge on any atom is -0.310 e. The van der Waals surface area contributed by atoms with Crippen molar-refractivity contribution >= 4 is 0 Å². The molecule has 1 N–H and O–H groups in total. The van der Waals surface area contributed by atoms with Gasteiger partial charge in [-0.1, -0.05) is 76.6 Å². The van der Waals surface area contributed by atoms with Crippen LogP contribution in [-0.4, -0.2) is 40.0 Å². The Kier molecular flexibility index (Phi) is 7.49. The third-order valence-electron chi connectivity index (χ3n) is 6.78. The molecule has 3 heterocycles. The molecule has 196 valence electrons. The van der Waals surface area contributed by atoms with Gasteiger partial charge in [0.1, 0.15) is 5.82 Å². The third-order valence-corrected chi connectivity index (χ3v) is 6.78. The van der Waals surface area contributed by atoms with E-state index >= 15 is 0 Å². The maximum atomic E-state index is 4.92. The monoisotopic (exact) mass is 508 g/mol. The number of aromatic amines is 1. The van der Waals surface area contributed by atoms with Crippen LogP contribution in [0.15, 0.2) is 66.7 Å². The highest BCUT2D eigenvalue weighted by molar-refractivity contribution is 5.57. The van der Waals surface area contributed by atoms with Crippen molar-refractivity contribution in [2.75, 3.05) is 0 Å². The van der Waals surface area contributed by atoms with Crippen molar-refractivity contribution in [2.24, 2.45) is 0 Å². The summed E-state index contributed by atoms with van der Waals surface area (Å²) in [4.78, 5) is 4.92. The molecule has 2 aromatic carbocycles. The van der Waals surface area contributed by atoms with E-state index in [1.165, 1.54) is 16.8 Å². The zero-order valence-electron chi connectivity index (χ0n) is 22.7.